The fourth-order valence-electron chi connectivity index (χ4n) is 3.65. The van der Waals surface area contributed by atoms with Crippen LogP contribution in [0.15, 0.2) is 23.3 Å². The predicted octanol–water partition coefficient (Wildman–Crippen LogP) is 3.25. The number of aliphatic imine (C=N–C) groups is 1. The zero-order valence-corrected chi connectivity index (χ0v) is 13.9. The Labute approximate surface area is 141 Å². The number of aromatic hydroxyl groups is 1. The van der Waals surface area contributed by atoms with Crippen LogP contribution in [0.2, 0.25) is 0 Å². The van der Waals surface area contributed by atoms with Gasteiger partial charge in [0.25, 0.3) is 0 Å². The van der Waals surface area contributed by atoms with E-state index < -0.39 is 0 Å². The molecule has 0 spiro atoms. The number of aromatic amines is 1. The van der Waals surface area contributed by atoms with Crippen molar-refractivity contribution < 1.29 is 5.11 Å². The number of anilines is 1. The van der Waals surface area contributed by atoms with Crippen molar-refractivity contribution in [2.24, 2.45) is 16.8 Å². The molecule has 0 aliphatic carbocycles. The molecule has 0 radical (unpaired) electrons. The van der Waals surface area contributed by atoms with E-state index >= 15 is 0 Å². The predicted molar refractivity (Wildman–Crippen MR) is 95.7 cm³/mol. The molecule has 2 aliphatic rings. The van der Waals surface area contributed by atoms with E-state index in [1.165, 1.54) is 6.42 Å². The van der Waals surface area contributed by atoms with Crippen molar-refractivity contribution >= 4 is 29.6 Å². The Hall–Kier alpha value is -2.63. The Morgan fingerprint density at radius 2 is 2.08 bits per heavy atom. The summed E-state index contributed by atoms with van der Waals surface area (Å²) in [6, 6.07) is 3.86. The van der Waals surface area contributed by atoms with Crippen LogP contribution in [0.1, 0.15) is 31.5 Å². The van der Waals surface area contributed by atoms with Crippen molar-refractivity contribution in [2.45, 2.75) is 20.3 Å². The first-order valence-corrected chi connectivity index (χ1v) is 8.35. The quantitative estimate of drug-likeness (QED) is 0.889. The van der Waals surface area contributed by atoms with Gasteiger partial charge in [-0.05, 0) is 36.5 Å². The topological polar surface area (TPSA) is 77.4 Å². The van der Waals surface area contributed by atoms with Crippen LogP contribution in [0.25, 0.3) is 11.6 Å². The van der Waals surface area contributed by atoms with Gasteiger partial charge < -0.3 is 15.0 Å². The van der Waals surface area contributed by atoms with Crippen molar-refractivity contribution in [2.75, 3.05) is 18.0 Å². The van der Waals surface area contributed by atoms with Gasteiger partial charge in [0.2, 0.25) is 11.8 Å². The minimum absolute atomic E-state index is 0.0223. The van der Waals surface area contributed by atoms with Gasteiger partial charge in [-0.15, -0.1) is 0 Å². The molecule has 1 saturated heterocycles. The molecule has 2 aliphatic heterocycles. The third-order valence-corrected chi connectivity index (χ3v) is 4.59. The average Bonchev–Trinajstić information content (AvgIpc) is 3.12. The molecule has 2 atom stereocenters. The summed E-state index contributed by atoms with van der Waals surface area (Å²) in [6.45, 7) is 6.43. The fourth-order valence-corrected chi connectivity index (χ4v) is 3.65. The van der Waals surface area contributed by atoms with Crippen LogP contribution in [0.4, 0.5) is 11.8 Å². The molecule has 0 bridgehead atoms. The highest BCUT2D eigenvalue weighted by Crippen LogP contribution is 2.32. The first kappa shape index (κ1) is 14.9. The van der Waals surface area contributed by atoms with Crippen molar-refractivity contribution in [3.63, 3.8) is 0 Å². The Kier molecular flexibility index (Phi) is 3.59. The summed E-state index contributed by atoms with van der Waals surface area (Å²) in [7, 11) is 0. The van der Waals surface area contributed by atoms with Crippen molar-refractivity contribution in [3.05, 3.63) is 29.6 Å². The highest BCUT2D eigenvalue weighted by Gasteiger charge is 2.25. The number of hydrogen-bond donors (Lipinski definition) is 2. The van der Waals surface area contributed by atoms with Crippen LogP contribution in [0, 0.1) is 11.8 Å². The van der Waals surface area contributed by atoms with Crippen LogP contribution in [-0.2, 0) is 0 Å². The number of rotatable bonds is 2. The van der Waals surface area contributed by atoms with Crippen molar-refractivity contribution in [3.8, 4) is 5.88 Å². The second-order valence-electron chi connectivity index (χ2n) is 6.88. The van der Waals surface area contributed by atoms with Crippen LogP contribution in [-0.4, -0.2) is 39.4 Å². The Balaban J connectivity index is 1.63. The number of nitrogens with zero attached hydrogens (tertiary/aromatic N) is 4. The van der Waals surface area contributed by atoms with Gasteiger partial charge in [0, 0.05) is 36.6 Å². The molecule has 2 aromatic rings. The summed E-state index contributed by atoms with van der Waals surface area (Å²) >= 11 is 0. The molecular weight excluding hydrogens is 302 g/mol. The third-order valence-electron chi connectivity index (χ3n) is 4.59. The Morgan fingerprint density at radius 1 is 1.29 bits per heavy atom. The van der Waals surface area contributed by atoms with Gasteiger partial charge in [-0.1, -0.05) is 13.8 Å². The van der Waals surface area contributed by atoms with Crippen molar-refractivity contribution in [1.29, 1.82) is 0 Å². The van der Waals surface area contributed by atoms with E-state index in [0.717, 1.165) is 30.2 Å². The molecule has 6 nitrogen and oxygen atoms in total. The van der Waals surface area contributed by atoms with Crippen LogP contribution < -0.4 is 4.90 Å². The molecule has 0 saturated carbocycles. The maximum Gasteiger partial charge on any atom is 0.238 e. The van der Waals surface area contributed by atoms with Gasteiger partial charge in [-0.25, -0.2) is 9.98 Å². The number of pyridine rings is 1. The summed E-state index contributed by atoms with van der Waals surface area (Å²) in [5.41, 5.74) is 2.49. The van der Waals surface area contributed by atoms with E-state index in [0.29, 0.717) is 23.3 Å². The largest absolute Gasteiger partial charge is 0.492 e. The molecule has 24 heavy (non-hydrogen) atoms. The van der Waals surface area contributed by atoms with Gasteiger partial charge >= 0.3 is 0 Å². The Bertz CT molecular complexity index is 813. The lowest BCUT2D eigenvalue weighted by atomic mass is 9.92. The second kappa shape index (κ2) is 5.78. The zero-order valence-electron chi connectivity index (χ0n) is 13.9. The molecule has 4 rings (SSSR count). The summed E-state index contributed by atoms with van der Waals surface area (Å²) < 4.78 is 0. The van der Waals surface area contributed by atoms with Gasteiger partial charge in [0.15, 0.2) is 5.82 Å². The average molecular weight is 323 g/mol. The highest BCUT2D eigenvalue weighted by molar-refractivity contribution is 6.20. The van der Waals surface area contributed by atoms with E-state index in [1.807, 2.05) is 18.2 Å². The van der Waals surface area contributed by atoms with Gasteiger partial charge in [0.1, 0.15) is 5.69 Å². The van der Waals surface area contributed by atoms with Crippen LogP contribution >= 0.6 is 0 Å². The number of allylic oxidation sites excluding steroid dienone is 1. The van der Waals surface area contributed by atoms with Crippen LogP contribution in [0.5, 0.6) is 5.88 Å². The third kappa shape index (κ3) is 2.68. The SMILES string of the molecule is CC1CC(C)CN(c2nc(O)c(C=C3C=Nc4ncccc43)[nH]2)C1. The minimum Gasteiger partial charge on any atom is -0.492 e. The summed E-state index contributed by atoms with van der Waals surface area (Å²) in [5, 5.41) is 10.2. The molecule has 0 aromatic carbocycles. The van der Waals surface area contributed by atoms with Gasteiger partial charge in [-0.2, -0.15) is 4.98 Å². The first-order valence-electron chi connectivity index (χ1n) is 8.35. The molecular formula is C18H21N5O. The maximum absolute atomic E-state index is 10.2. The standard InChI is InChI=1S/C18H21N5O/c1-11-6-12(2)10-23(9-11)18-21-15(17(24)22-18)7-13-8-20-16-14(13)4-3-5-19-16/h3-5,7-8,11-12,24H,6,9-10H2,1-2H3,(H,21,22). The number of aromatic nitrogens is 3. The highest BCUT2D eigenvalue weighted by atomic mass is 16.3. The molecule has 0 amide bonds. The maximum atomic E-state index is 10.2. The summed E-state index contributed by atoms with van der Waals surface area (Å²) in [6.07, 6.45) is 6.60. The fraction of sp³-hybridized carbons (Fsp3) is 0.389. The number of imidazole rings is 1. The van der Waals surface area contributed by atoms with Gasteiger partial charge in [0.05, 0.1) is 0 Å². The normalized spacial score (nSPS) is 24.6. The lowest BCUT2D eigenvalue weighted by Crippen LogP contribution is -2.39. The van der Waals surface area contributed by atoms with E-state index in [2.05, 4.69) is 38.7 Å². The van der Waals surface area contributed by atoms with E-state index in [-0.39, 0.29) is 5.88 Å². The molecule has 4 heterocycles. The summed E-state index contributed by atoms with van der Waals surface area (Å²) in [4.78, 5) is 18.3. The number of piperidine rings is 1. The lowest BCUT2D eigenvalue weighted by Gasteiger charge is -2.34. The molecule has 1 fully saturated rings. The second-order valence-corrected chi connectivity index (χ2v) is 6.88. The number of nitrogens with one attached hydrogen (secondary N) is 1. The van der Waals surface area contributed by atoms with E-state index in [1.54, 1.807) is 12.4 Å². The number of hydrogen-bond acceptors (Lipinski definition) is 5. The smallest absolute Gasteiger partial charge is 0.238 e. The first-order chi connectivity index (χ1) is 11.6. The zero-order chi connectivity index (χ0) is 16.7. The number of fused-ring (bicyclic) bond motifs is 1. The van der Waals surface area contributed by atoms with E-state index in [9.17, 15) is 5.11 Å². The van der Waals surface area contributed by atoms with Crippen molar-refractivity contribution in [1.82, 2.24) is 15.0 Å². The van der Waals surface area contributed by atoms with E-state index in [4.69, 9.17) is 0 Å². The van der Waals surface area contributed by atoms with Gasteiger partial charge in [-0.3, -0.25) is 0 Å². The summed E-state index contributed by atoms with van der Waals surface area (Å²) in [5.74, 6) is 2.72. The Morgan fingerprint density at radius 3 is 2.88 bits per heavy atom. The molecule has 6 heteroatoms. The monoisotopic (exact) mass is 323 g/mol. The molecule has 2 aromatic heterocycles. The lowest BCUT2D eigenvalue weighted by molar-refractivity contribution is 0.353. The van der Waals surface area contributed by atoms with Crippen LogP contribution in [0.3, 0.4) is 0 Å². The molecule has 2 unspecified atom stereocenters. The molecule has 124 valence electrons. The number of H-pyrrole nitrogens is 1. The molecule has 2 N–H and O–H groups in total. The minimum atomic E-state index is 0.0223.